The van der Waals surface area contributed by atoms with Gasteiger partial charge in [0.05, 0.1) is 21.3 Å². The highest BCUT2D eigenvalue weighted by Crippen LogP contribution is 2.32. The number of phenols is 1. The van der Waals surface area contributed by atoms with Crippen molar-refractivity contribution in [2.75, 3.05) is 21.3 Å². The first-order chi connectivity index (χ1) is 10.2. The molecule has 2 rings (SSSR count). The van der Waals surface area contributed by atoms with Gasteiger partial charge in [-0.1, -0.05) is 24.3 Å². The molecule has 0 saturated carbocycles. The number of hydrogen-bond acceptors (Lipinski definition) is 4. The summed E-state index contributed by atoms with van der Waals surface area (Å²) in [5.41, 5.74) is 1.72. The Labute approximate surface area is 124 Å². The largest absolute Gasteiger partial charge is 0.508 e. The monoisotopic (exact) mass is 286 g/mol. The molecule has 0 aliphatic carbocycles. The molecule has 0 radical (unpaired) electrons. The second kappa shape index (κ2) is 6.70. The van der Waals surface area contributed by atoms with Crippen LogP contribution in [-0.2, 0) is 0 Å². The summed E-state index contributed by atoms with van der Waals surface area (Å²) in [7, 11) is 4.77. The lowest BCUT2D eigenvalue weighted by Crippen LogP contribution is -1.92. The first-order valence-corrected chi connectivity index (χ1v) is 6.45. The van der Waals surface area contributed by atoms with Gasteiger partial charge in [-0.2, -0.15) is 0 Å². The Morgan fingerprint density at radius 1 is 0.905 bits per heavy atom. The van der Waals surface area contributed by atoms with Crippen molar-refractivity contribution >= 4 is 12.2 Å². The molecular formula is C17H18O4. The Balaban J connectivity index is 2.35. The maximum Gasteiger partial charge on any atom is 0.167 e. The molecule has 0 bridgehead atoms. The summed E-state index contributed by atoms with van der Waals surface area (Å²) in [6.07, 6.45) is 3.77. The van der Waals surface area contributed by atoms with Gasteiger partial charge in [-0.15, -0.1) is 0 Å². The van der Waals surface area contributed by atoms with Crippen molar-refractivity contribution in [3.05, 3.63) is 47.5 Å². The molecule has 0 spiro atoms. The molecule has 0 aliphatic heterocycles. The lowest BCUT2D eigenvalue weighted by Gasteiger charge is -2.10. The number of ether oxygens (including phenoxy) is 3. The third-order valence-electron chi connectivity index (χ3n) is 3.04. The lowest BCUT2D eigenvalue weighted by molar-refractivity contribution is 0.354. The molecule has 1 N–H and O–H groups in total. The number of rotatable bonds is 5. The van der Waals surface area contributed by atoms with Crippen LogP contribution in [0.25, 0.3) is 12.2 Å². The average Bonchev–Trinajstić information content (AvgIpc) is 2.51. The van der Waals surface area contributed by atoms with Crippen LogP contribution in [0.5, 0.6) is 23.0 Å². The molecule has 0 heterocycles. The smallest absolute Gasteiger partial charge is 0.167 e. The van der Waals surface area contributed by atoms with E-state index in [1.165, 1.54) is 0 Å². The van der Waals surface area contributed by atoms with E-state index >= 15 is 0 Å². The number of aromatic hydroxyl groups is 1. The van der Waals surface area contributed by atoms with Crippen molar-refractivity contribution in [3.63, 3.8) is 0 Å². The zero-order chi connectivity index (χ0) is 15.2. The molecule has 2 aromatic rings. The molecule has 21 heavy (non-hydrogen) atoms. The summed E-state index contributed by atoms with van der Waals surface area (Å²) >= 11 is 0. The Morgan fingerprint density at radius 3 is 2.38 bits per heavy atom. The summed E-state index contributed by atoms with van der Waals surface area (Å²) in [5, 5.41) is 9.65. The predicted octanol–water partition coefficient (Wildman–Crippen LogP) is 3.59. The van der Waals surface area contributed by atoms with Crippen molar-refractivity contribution in [2.45, 2.75) is 0 Å². The molecule has 110 valence electrons. The number of benzene rings is 2. The van der Waals surface area contributed by atoms with E-state index in [9.17, 15) is 5.11 Å². The van der Waals surface area contributed by atoms with Crippen molar-refractivity contribution in [2.24, 2.45) is 0 Å². The van der Waals surface area contributed by atoms with Crippen molar-refractivity contribution in [1.29, 1.82) is 0 Å². The predicted molar refractivity (Wildman–Crippen MR) is 83.1 cm³/mol. The summed E-state index contributed by atoms with van der Waals surface area (Å²) < 4.78 is 15.8. The van der Waals surface area contributed by atoms with Gasteiger partial charge in [-0.05, 0) is 23.8 Å². The van der Waals surface area contributed by atoms with Crippen LogP contribution < -0.4 is 14.2 Å². The third kappa shape index (κ3) is 3.48. The fourth-order valence-corrected chi connectivity index (χ4v) is 2.05. The quantitative estimate of drug-likeness (QED) is 0.853. The highest BCUT2D eigenvalue weighted by atomic mass is 16.5. The van der Waals surface area contributed by atoms with E-state index in [0.717, 1.165) is 11.1 Å². The highest BCUT2D eigenvalue weighted by molar-refractivity contribution is 5.75. The fourth-order valence-electron chi connectivity index (χ4n) is 2.05. The van der Waals surface area contributed by atoms with E-state index in [2.05, 4.69) is 0 Å². The Hall–Kier alpha value is -2.62. The second-order valence-corrected chi connectivity index (χ2v) is 4.38. The van der Waals surface area contributed by atoms with E-state index in [0.29, 0.717) is 17.2 Å². The summed E-state index contributed by atoms with van der Waals surface area (Å²) in [6.45, 7) is 0. The summed E-state index contributed by atoms with van der Waals surface area (Å²) in [4.78, 5) is 0. The minimum Gasteiger partial charge on any atom is -0.508 e. The molecule has 0 amide bonds. The minimum absolute atomic E-state index is 0.159. The molecule has 0 unspecified atom stereocenters. The first kappa shape index (κ1) is 14.8. The van der Waals surface area contributed by atoms with E-state index in [1.54, 1.807) is 33.5 Å². The molecule has 0 fully saturated rings. The number of para-hydroxylation sites is 1. The van der Waals surface area contributed by atoms with E-state index in [-0.39, 0.29) is 5.75 Å². The van der Waals surface area contributed by atoms with Gasteiger partial charge >= 0.3 is 0 Å². The molecular weight excluding hydrogens is 268 g/mol. The Bertz CT molecular complexity index is 647. The maximum absolute atomic E-state index is 9.65. The second-order valence-electron chi connectivity index (χ2n) is 4.38. The molecule has 4 heteroatoms. The van der Waals surface area contributed by atoms with Gasteiger partial charge in [0.25, 0.3) is 0 Å². The molecule has 2 aromatic carbocycles. The van der Waals surface area contributed by atoms with Crippen LogP contribution in [0.15, 0.2) is 36.4 Å². The van der Waals surface area contributed by atoms with Crippen LogP contribution in [0.1, 0.15) is 11.1 Å². The van der Waals surface area contributed by atoms with Crippen LogP contribution in [-0.4, -0.2) is 26.4 Å². The van der Waals surface area contributed by atoms with Gasteiger partial charge in [0.15, 0.2) is 11.5 Å². The normalized spacial score (nSPS) is 10.6. The van der Waals surface area contributed by atoms with Gasteiger partial charge in [-0.3, -0.25) is 0 Å². The SMILES string of the molecule is COc1cc(O)cc(/C=C/c2cccc(OC)c2OC)c1. The maximum atomic E-state index is 9.65. The minimum atomic E-state index is 0.159. The first-order valence-electron chi connectivity index (χ1n) is 6.45. The third-order valence-corrected chi connectivity index (χ3v) is 3.04. The van der Waals surface area contributed by atoms with Crippen molar-refractivity contribution in [3.8, 4) is 23.0 Å². The lowest BCUT2D eigenvalue weighted by atomic mass is 10.1. The average molecular weight is 286 g/mol. The van der Waals surface area contributed by atoms with Crippen molar-refractivity contribution in [1.82, 2.24) is 0 Å². The number of methoxy groups -OCH3 is 3. The summed E-state index contributed by atoms with van der Waals surface area (Å²) in [6, 6.07) is 10.7. The zero-order valence-corrected chi connectivity index (χ0v) is 12.3. The van der Waals surface area contributed by atoms with Crippen LogP contribution in [0.4, 0.5) is 0 Å². The topological polar surface area (TPSA) is 47.9 Å². The van der Waals surface area contributed by atoms with Gasteiger partial charge in [-0.25, -0.2) is 0 Å². The molecule has 0 aromatic heterocycles. The zero-order valence-electron chi connectivity index (χ0n) is 12.3. The van der Waals surface area contributed by atoms with Gasteiger partial charge in [0.2, 0.25) is 0 Å². The number of phenolic OH excluding ortho intramolecular Hbond substituents is 1. The van der Waals surface area contributed by atoms with Crippen LogP contribution >= 0.6 is 0 Å². The molecule has 4 nitrogen and oxygen atoms in total. The van der Waals surface area contributed by atoms with Gasteiger partial charge < -0.3 is 19.3 Å². The fraction of sp³-hybridized carbons (Fsp3) is 0.176. The Kier molecular flexibility index (Phi) is 4.72. The Morgan fingerprint density at radius 2 is 1.71 bits per heavy atom. The van der Waals surface area contributed by atoms with E-state index < -0.39 is 0 Å². The van der Waals surface area contributed by atoms with Crippen molar-refractivity contribution < 1.29 is 19.3 Å². The van der Waals surface area contributed by atoms with Crippen LogP contribution in [0.3, 0.4) is 0 Å². The van der Waals surface area contributed by atoms with E-state index in [4.69, 9.17) is 14.2 Å². The summed E-state index contributed by atoms with van der Waals surface area (Å²) in [5.74, 6) is 2.11. The molecule has 0 aliphatic rings. The van der Waals surface area contributed by atoms with Crippen LogP contribution in [0.2, 0.25) is 0 Å². The van der Waals surface area contributed by atoms with E-state index in [1.807, 2.05) is 36.4 Å². The van der Waals surface area contributed by atoms with Crippen LogP contribution in [0, 0.1) is 0 Å². The van der Waals surface area contributed by atoms with Gasteiger partial charge in [0.1, 0.15) is 11.5 Å². The standard InChI is InChI=1S/C17H18O4/c1-19-15-10-12(9-14(18)11-15)7-8-13-5-4-6-16(20-2)17(13)21-3/h4-11,18H,1-3H3/b8-7+. The molecule has 0 atom stereocenters. The molecule has 0 saturated heterocycles. The highest BCUT2D eigenvalue weighted by Gasteiger charge is 2.06. The number of hydrogen-bond donors (Lipinski definition) is 1. The van der Waals surface area contributed by atoms with Gasteiger partial charge in [0, 0.05) is 11.6 Å².